The van der Waals surface area contributed by atoms with Crippen molar-refractivity contribution in [1.82, 2.24) is 4.90 Å². The number of aliphatic carboxylic acids is 1. The third-order valence-corrected chi connectivity index (χ3v) is 3.96. The highest BCUT2D eigenvalue weighted by Gasteiger charge is 2.24. The minimum Gasteiger partial charge on any atom is -0.496 e. The van der Waals surface area contributed by atoms with Gasteiger partial charge in [0.05, 0.1) is 24.0 Å². The predicted octanol–water partition coefficient (Wildman–Crippen LogP) is 1.78. The van der Waals surface area contributed by atoms with Crippen LogP contribution in [0, 0.1) is 16.0 Å². The van der Waals surface area contributed by atoms with E-state index in [1.54, 1.807) is 6.07 Å². The highest BCUT2D eigenvalue weighted by Crippen LogP contribution is 2.31. The van der Waals surface area contributed by atoms with Gasteiger partial charge in [0.25, 0.3) is 0 Å². The molecule has 0 unspecified atom stereocenters. The maximum Gasteiger partial charge on any atom is 0.314 e. The molecule has 1 aliphatic heterocycles. The molecule has 0 radical (unpaired) electrons. The number of carboxylic acid groups (broad SMARTS) is 1. The molecule has 0 amide bonds. The molecule has 23 heavy (non-hydrogen) atoms. The molecule has 0 aromatic heterocycles. The summed E-state index contributed by atoms with van der Waals surface area (Å²) in [7, 11) is 1.44. The van der Waals surface area contributed by atoms with Crippen molar-refractivity contribution in [2.24, 2.45) is 5.92 Å². The van der Waals surface area contributed by atoms with E-state index in [1.165, 1.54) is 19.2 Å². The average Bonchev–Trinajstić information content (AvgIpc) is 2.55. The van der Waals surface area contributed by atoms with Gasteiger partial charge in [0.2, 0.25) is 0 Å². The van der Waals surface area contributed by atoms with Crippen LogP contribution < -0.4 is 9.47 Å². The van der Waals surface area contributed by atoms with Crippen LogP contribution in [0.5, 0.6) is 11.5 Å². The van der Waals surface area contributed by atoms with Crippen molar-refractivity contribution in [2.75, 3.05) is 33.4 Å². The fourth-order valence-corrected chi connectivity index (χ4v) is 2.58. The second kappa shape index (κ2) is 7.77. The van der Waals surface area contributed by atoms with Crippen molar-refractivity contribution in [3.8, 4) is 11.5 Å². The normalized spacial score (nSPS) is 16.0. The number of carboxylic acids is 1. The molecule has 0 atom stereocenters. The maximum atomic E-state index is 11.1. The van der Waals surface area contributed by atoms with Crippen molar-refractivity contribution in [3.05, 3.63) is 28.3 Å². The fourth-order valence-electron chi connectivity index (χ4n) is 2.58. The Morgan fingerprint density at radius 1 is 1.43 bits per heavy atom. The summed E-state index contributed by atoms with van der Waals surface area (Å²) in [6, 6.07) is 4.46. The van der Waals surface area contributed by atoms with Crippen LogP contribution >= 0.6 is 0 Å². The molecule has 1 N–H and O–H groups in total. The van der Waals surface area contributed by atoms with E-state index in [1.807, 2.05) is 0 Å². The molecule has 1 aromatic rings. The number of benzene rings is 1. The molecule has 126 valence electrons. The highest BCUT2D eigenvalue weighted by atomic mass is 16.6. The van der Waals surface area contributed by atoms with Gasteiger partial charge in [-0.2, -0.15) is 0 Å². The Balaban J connectivity index is 1.85. The van der Waals surface area contributed by atoms with E-state index in [0.717, 1.165) is 0 Å². The van der Waals surface area contributed by atoms with Gasteiger partial charge in [0.15, 0.2) is 5.75 Å². The molecule has 1 heterocycles. The second-order valence-corrected chi connectivity index (χ2v) is 5.39. The molecule has 0 aliphatic carbocycles. The van der Waals surface area contributed by atoms with E-state index in [4.69, 9.17) is 14.6 Å². The molecule has 1 saturated heterocycles. The monoisotopic (exact) mass is 324 g/mol. The van der Waals surface area contributed by atoms with Crippen LogP contribution in [0.3, 0.4) is 0 Å². The van der Waals surface area contributed by atoms with E-state index in [-0.39, 0.29) is 17.4 Å². The number of methoxy groups -OCH3 is 1. The minimum atomic E-state index is -0.741. The van der Waals surface area contributed by atoms with Crippen LogP contribution in [-0.4, -0.2) is 54.3 Å². The molecule has 8 nitrogen and oxygen atoms in total. The lowest BCUT2D eigenvalue weighted by atomic mass is 9.97. The zero-order chi connectivity index (χ0) is 16.8. The summed E-state index contributed by atoms with van der Waals surface area (Å²) >= 11 is 0. The number of nitro benzene ring substituents is 1. The second-order valence-electron chi connectivity index (χ2n) is 5.39. The summed E-state index contributed by atoms with van der Waals surface area (Å²) < 4.78 is 10.5. The van der Waals surface area contributed by atoms with Gasteiger partial charge in [-0.1, -0.05) is 0 Å². The number of ether oxygens (including phenoxy) is 2. The Kier molecular flexibility index (Phi) is 5.75. The summed E-state index contributed by atoms with van der Waals surface area (Å²) in [5.41, 5.74) is -0.131. The van der Waals surface area contributed by atoms with Gasteiger partial charge in [-0.25, -0.2) is 0 Å². The Bertz CT molecular complexity index is 569. The minimum absolute atomic E-state index is 0.131. The maximum absolute atomic E-state index is 11.1. The molecular formula is C15H20N2O6. The summed E-state index contributed by atoms with van der Waals surface area (Å²) in [6.07, 6.45) is 1.25. The number of nitro groups is 1. The first kappa shape index (κ1) is 17.0. The van der Waals surface area contributed by atoms with Crippen LogP contribution in [0.15, 0.2) is 18.2 Å². The van der Waals surface area contributed by atoms with Crippen LogP contribution in [0.4, 0.5) is 5.69 Å². The third kappa shape index (κ3) is 4.56. The van der Waals surface area contributed by atoms with Crippen LogP contribution in [-0.2, 0) is 4.79 Å². The predicted molar refractivity (Wildman–Crippen MR) is 81.9 cm³/mol. The van der Waals surface area contributed by atoms with Crippen molar-refractivity contribution >= 4 is 11.7 Å². The number of likely N-dealkylation sites (tertiary alicyclic amines) is 1. The first-order valence-electron chi connectivity index (χ1n) is 7.41. The number of piperidine rings is 1. The highest BCUT2D eigenvalue weighted by molar-refractivity contribution is 5.70. The van der Waals surface area contributed by atoms with E-state index < -0.39 is 10.9 Å². The topological polar surface area (TPSA) is 102 Å². The quantitative estimate of drug-likeness (QED) is 0.602. The number of hydrogen-bond donors (Lipinski definition) is 1. The summed E-state index contributed by atoms with van der Waals surface area (Å²) in [4.78, 5) is 23.6. The first-order valence-corrected chi connectivity index (χ1v) is 7.41. The van der Waals surface area contributed by atoms with E-state index in [9.17, 15) is 14.9 Å². The lowest BCUT2D eigenvalue weighted by molar-refractivity contribution is -0.385. The number of carbonyl (C=O) groups is 1. The van der Waals surface area contributed by atoms with Gasteiger partial charge >= 0.3 is 11.7 Å². The van der Waals surface area contributed by atoms with E-state index in [2.05, 4.69) is 4.90 Å². The lowest BCUT2D eigenvalue weighted by Gasteiger charge is -2.29. The van der Waals surface area contributed by atoms with E-state index in [0.29, 0.717) is 44.8 Å². The summed E-state index contributed by atoms with van der Waals surface area (Å²) in [5, 5.41) is 20.0. The Hall–Kier alpha value is -2.35. The summed E-state index contributed by atoms with van der Waals surface area (Å²) in [5.74, 6) is -0.402. The Morgan fingerprint density at radius 3 is 2.70 bits per heavy atom. The Morgan fingerprint density at radius 2 is 2.13 bits per heavy atom. The smallest absolute Gasteiger partial charge is 0.314 e. The lowest BCUT2D eigenvalue weighted by Crippen LogP contribution is -2.38. The van der Waals surface area contributed by atoms with Gasteiger partial charge in [-0.05, 0) is 38.1 Å². The molecule has 1 aliphatic rings. The number of nitrogens with zero attached hydrogens (tertiary/aromatic N) is 2. The SMILES string of the molecule is COc1ccc(OCCN2CCC(C(=O)O)CC2)c([N+](=O)[O-])c1. The van der Waals surface area contributed by atoms with Gasteiger partial charge < -0.3 is 14.6 Å². The van der Waals surface area contributed by atoms with Gasteiger partial charge in [0.1, 0.15) is 12.4 Å². The van der Waals surface area contributed by atoms with Crippen molar-refractivity contribution in [1.29, 1.82) is 0 Å². The summed E-state index contributed by atoms with van der Waals surface area (Å²) in [6.45, 7) is 2.32. The largest absolute Gasteiger partial charge is 0.496 e. The molecule has 8 heteroatoms. The van der Waals surface area contributed by atoms with Gasteiger partial charge in [-0.3, -0.25) is 19.8 Å². The van der Waals surface area contributed by atoms with Crippen LogP contribution in [0.2, 0.25) is 0 Å². The average molecular weight is 324 g/mol. The zero-order valence-corrected chi connectivity index (χ0v) is 12.9. The van der Waals surface area contributed by atoms with Crippen molar-refractivity contribution < 1.29 is 24.3 Å². The number of hydrogen-bond acceptors (Lipinski definition) is 6. The molecule has 0 saturated carbocycles. The van der Waals surface area contributed by atoms with E-state index >= 15 is 0 Å². The van der Waals surface area contributed by atoms with Crippen LogP contribution in [0.25, 0.3) is 0 Å². The zero-order valence-electron chi connectivity index (χ0n) is 12.9. The molecular weight excluding hydrogens is 304 g/mol. The fraction of sp³-hybridized carbons (Fsp3) is 0.533. The third-order valence-electron chi connectivity index (χ3n) is 3.96. The molecule has 0 spiro atoms. The number of rotatable bonds is 7. The van der Waals surface area contributed by atoms with Gasteiger partial charge in [-0.15, -0.1) is 0 Å². The van der Waals surface area contributed by atoms with Crippen molar-refractivity contribution in [2.45, 2.75) is 12.8 Å². The molecule has 0 bridgehead atoms. The first-order chi connectivity index (χ1) is 11.0. The Labute approximate surface area is 133 Å². The standard InChI is InChI=1S/C15H20N2O6/c1-22-12-2-3-14(13(10-12)17(20)21)23-9-8-16-6-4-11(5-7-16)15(18)19/h2-3,10-11H,4-9H2,1H3,(H,18,19). The molecule has 2 rings (SSSR count). The molecule has 1 fully saturated rings. The van der Waals surface area contributed by atoms with Gasteiger partial charge in [0, 0.05) is 6.54 Å². The van der Waals surface area contributed by atoms with Crippen molar-refractivity contribution in [3.63, 3.8) is 0 Å². The van der Waals surface area contributed by atoms with Crippen LogP contribution in [0.1, 0.15) is 12.8 Å². The molecule has 1 aromatic carbocycles.